The van der Waals surface area contributed by atoms with Gasteiger partial charge in [0.05, 0.1) is 6.10 Å². The molecule has 0 saturated carbocycles. The highest BCUT2D eigenvalue weighted by Crippen LogP contribution is 2.32. The molecule has 24 heavy (non-hydrogen) atoms. The third-order valence-electron chi connectivity index (χ3n) is 3.94. The van der Waals surface area contributed by atoms with Crippen molar-refractivity contribution in [2.45, 2.75) is 39.9 Å². The third kappa shape index (κ3) is 5.00. The minimum atomic E-state index is 0.00853. The first-order chi connectivity index (χ1) is 11.5. The van der Waals surface area contributed by atoms with Gasteiger partial charge in [-0.3, -0.25) is 0 Å². The van der Waals surface area contributed by atoms with E-state index in [0.29, 0.717) is 5.92 Å². The lowest BCUT2D eigenvalue weighted by Gasteiger charge is -2.26. The van der Waals surface area contributed by atoms with Gasteiger partial charge in [-0.15, -0.1) is 0 Å². The molecule has 0 aliphatic carbocycles. The molecule has 0 heterocycles. The Kier molecular flexibility index (Phi) is 6.68. The van der Waals surface area contributed by atoms with Crippen LogP contribution in [0.1, 0.15) is 38.0 Å². The Morgan fingerprint density at radius 3 is 2.25 bits per heavy atom. The second-order valence-corrected chi connectivity index (χ2v) is 6.58. The maximum Gasteiger partial charge on any atom is 0.127 e. The minimum absolute atomic E-state index is 0.00853. The van der Waals surface area contributed by atoms with Crippen LogP contribution in [-0.4, -0.2) is 19.7 Å². The van der Waals surface area contributed by atoms with E-state index in [4.69, 9.17) is 9.47 Å². The van der Waals surface area contributed by atoms with E-state index in [2.05, 4.69) is 43.4 Å². The molecule has 0 fully saturated rings. The summed E-state index contributed by atoms with van der Waals surface area (Å²) in [5, 5.41) is 3.25. The van der Waals surface area contributed by atoms with Crippen molar-refractivity contribution in [3.8, 4) is 11.5 Å². The molecule has 2 aromatic carbocycles. The molecule has 2 aromatic rings. The number of ether oxygens (including phenoxy) is 2. The number of hydrogen-bond donors (Lipinski definition) is 1. The van der Waals surface area contributed by atoms with Crippen molar-refractivity contribution in [3.63, 3.8) is 0 Å². The van der Waals surface area contributed by atoms with Crippen LogP contribution < -0.4 is 14.8 Å². The van der Waals surface area contributed by atoms with Crippen LogP contribution in [-0.2, 0) is 0 Å². The van der Waals surface area contributed by atoms with Crippen molar-refractivity contribution in [2.75, 3.05) is 13.6 Å². The SMILES string of the molecule is CNCC(C)C(Oc1ccc(OC(C)C)cc1C)c1ccccc1. The average Bonchev–Trinajstić information content (AvgIpc) is 2.54. The van der Waals surface area contributed by atoms with Gasteiger partial charge in [0.2, 0.25) is 0 Å². The van der Waals surface area contributed by atoms with Crippen molar-refractivity contribution in [3.05, 3.63) is 59.7 Å². The number of hydrogen-bond acceptors (Lipinski definition) is 3. The number of nitrogens with one attached hydrogen (secondary N) is 1. The maximum atomic E-state index is 6.41. The van der Waals surface area contributed by atoms with Crippen molar-refractivity contribution in [2.24, 2.45) is 5.92 Å². The van der Waals surface area contributed by atoms with Gasteiger partial charge in [0, 0.05) is 12.5 Å². The van der Waals surface area contributed by atoms with E-state index >= 15 is 0 Å². The number of benzene rings is 2. The molecule has 3 heteroatoms. The van der Waals surface area contributed by atoms with Crippen LogP contribution in [0.25, 0.3) is 0 Å². The Hall–Kier alpha value is -2.00. The zero-order chi connectivity index (χ0) is 17.5. The molecule has 2 unspecified atom stereocenters. The molecule has 0 amide bonds. The highest BCUT2D eigenvalue weighted by molar-refractivity contribution is 5.40. The van der Waals surface area contributed by atoms with Gasteiger partial charge in [0.25, 0.3) is 0 Å². The summed E-state index contributed by atoms with van der Waals surface area (Å²) in [5.41, 5.74) is 2.29. The average molecular weight is 327 g/mol. The van der Waals surface area contributed by atoms with Gasteiger partial charge in [-0.05, 0) is 57.1 Å². The lowest BCUT2D eigenvalue weighted by atomic mass is 9.97. The standard InChI is InChI=1S/C21H29NO2/c1-15(2)23-19-11-12-20(16(3)13-19)24-21(17(4)14-22-5)18-9-7-6-8-10-18/h6-13,15,17,21-22H,14H2,1-5H3. The zero-order valence-corrected chi connectivity index (χ0v) is 15.4. The van der Waals surface area contributed by atoms with Crippen molar-refractivity contribution >= 4 is 0 Å². The van der Waals surface area contributed by atoms with Crippen LogP contribution in [0.2, 0.25) is 0 Å². The molecule has 0 saturated heterocycles. The first-order valence-corrected chi connectivity index (χ1v) is 8.64. The molecule has 3 nitrogen and oxygen atoms in total. The van der Waals surface area contributed by atoms with Crippen LogP contribution in [0.3, 0.4) is 0 Å². The van der Waals surface area contributed by atoms with Crippen molar-refractivity contribution in [1.29, 1.82) is 0 Å². The lowest BCUT2D eigenvalue weighted by Crippen LogP contribution is -2.26. The lowest BCUT2D eigenvalue weighted by molar-refractivity contribution is 0.142. The minimum Gasteiger partial charge on any atom is -0.491 e. The van der Waals surface area contributed by atoms with E-state index in [0.717, 1.165) is 23.6 Å². The third-order valence-corrected chi connectivity index (χ3v) is 3.94. The van der Waals surface area contributed by atoms with Gasteiger partial charge in [-0.1, -0.05) is 37.3 Å². The normalized spacial score (nSPS) is 13.6. The first kappa shape index (κ1) is 18.3. The molecule has 1 N–H and O–H groups in total. The smallest absolute Gasteiger partial charge is 0.127 e. The largest absolute Gasteiger partial charge is 0.491 e. The van der Waals surface area contributed by atoms with Gasteiger partial charge < -0.3 is 14.8 Å². The summed E-state index contributed by atoms with van der Waals surface area (Å²) in [4.78, 5) is 0. The monoisotopic (exact) mass is 327 g/mol. The van der Waals surface area contributed by atoms with E-state index < -0.39 is 0 Å². The van der Waals surface area contributed by atoms with E-state index in [-0.39, 0.29) is 12.2 Å². The molecule has 0 bridgehead atoms. The fourth-order valence-corrected chi connectivity index (χ4v) is 2.82. The predicted octanol–water partition coefficient (Wildman–Crippen LogP) is 4.76. The summed E-state index contributed by atoms with van der Waals surface area (Å²) < 4.78 is 12.2. The summed E-state index contributed by atoms with van der Waals surface area (Å²) in [6.07, 6.45) is 0.179. The summed E-state index contributed by atoms with van der Waals surface area (Å²) >= 11 is 0. The second-order valence-electron chi connectivity index (χ2n) is 6.58. The fourth-order valence-electron chi connectivity index (χ4n) is 2.82. The highest BCUT2D eigenvalue weighted by Gasteiger charge is 2.21. The molecule has 0 aliphatic rings. The van der Waals surface area contributed by atoms with Gasteiger partial charge in [0.15, 0.2) is 0 Å². The Morgan fingerprint density at radius 1 is 0.958 bits per heavy atom. The molecule has 0 aliphatic heterocycles. The van der Waals surface area contributed by atoms with Crippen LogP contribution >= 0.6 is 0 Å². The molecule has 0 radical (unpaired) electrons. The predicted molar refractivity (Wildman–Crippen MR) is 99.8 cm³/mol. The molecule has 2 atom stereocenters. The van der Waals surface area contributed by atoms with Crippen LogP contribution in [0.4, 0.5) is 0 Å². The summed E-state index contributed by atoms with van der Waals surface area (Å²) in [6.45, 7) is 9.23. The molecule has 0 aromatic heterocycles. The van der Waals surface area contributed by atoms with Crippen LogP contribution in [0, 0.1) is 12.8 Å². The van der Waals surface area contributed by atoms with Crippen molar-refractivity contribution < 1.29 is 9.47 Å². The topological polar surface area (TPSA) is 30.5 Å². The van der Waals surface area contributed by atoms with E-state index in [1.165, 1.54) is 5.56 Å². The number of aryl methyl sites for hydroxylation is 1. The number of rotatable bonds is 8. The fraction of sp³-hybridized carbons (Fsp3) is 0.429. The van der Waals surface area contributed by atoms with E-state index in [9.17, 15) is 0 Å². The molecular formula is C21H29NO2. The summed E-state index contributed by atoms with van der Waals surface area (Å²) in [6, 6.07) is 16.4. The highest BCUT2D eigenvalue weighted by atomic mass is 16.5. The Balaban J connectivity index is 2.23. The second kappa shape index (κ2) is 8.74. The van der Waals surface area contributed by atoms with Crippen LogP contribution in [0.15, 0.2) is 48.5 Å². The maximum absolute atomic E-state index is 6.41. The Bertz CT molecular complexity index is 625. The van der Waals surface area contributed by atoms with Gasteiger partial charge in [-0.2, -0.15) is 0 Å². The molecular weight excluding hydrogens is 298 g/mol. The molecule has 2 rings (SSSR count). The first-order valence-electron chi connectivity index (χ1n) is 8.64. The summed E-state index contributed by atoms with van der Waals surface area (Å²) in [5.74, 6) is 2.14. The Morgan fingerprint density at radius 2 is 1.67 bits per heavy atom. The summed E-state index contributed by atoms with van der Waals surface area (Å²) in [7, 11) is 1.97. The van der Waals surface area contributed by atoms with Crippen molar-refractivity contribution in [1.82, 2.24) is 5.32 Å². The quantitative estimate of drug-likeness (QED) is 0.758. The molecule has 130 valence electrons. The molecule has 0 spiro atoms. The van der Waals surface area contributed by atoms with Gasteiger partial charge >= 0.3 is 0 Å². The van der Waals surface area contributed by atoms with Crippen LogP contribution in [0.5, 0.6) is 11.5 Å². The Labute approximate surface area is 146 Å². The van der Waals surface area contributed by atoms with Gasteiger partial charge in [-0.25, -0.2) is 0 Å². The van der Waals surface area contributed by atoms with E-state index in [1.54, 1.807) is 0 Å². The zero-order valence-electron chi connectivity index (χ0n) is 15.4. The van der Waals surface area contributed by atoms with E-state index in [1.807, 2.05) is 45.2 Å². The van der Waals surface area contributed by atoms with Gasteiger partial charge in [0.1, 0.15) is 17.6 Å².